The first-order valence-corrected chi connectivity index (χ1v) is 7.77. The van der Waals surface area contributed by atoms with Crippen molar-refractivity contribution in [2.75, 3.05) is 0 Å². The van der Waals surface area contributed by atoms with Gasteiger partial charge in [-0.1, -0.05) is 27.7 Å². The van der Waals surface area contributed by atoms with Crippen molar-refractivity contribution in [2.45, 2.75) is 51.3 Å². The van der Waals surface area contributed by atoms with E-state index in [1.54, 1.807) is 13.8 Å². The quantitative estimate of drug-likeness (QED) is 0.485. The van der Waals surface area contributed by atoms with Gasteiger partial charge in [0.2, 0.25) is 0 Å². The Kier molecular flexibility index (Phi) is 4.94. The van der Waals surface area contributed by atoms with Crippen LogP contribution < -0.4 is 4.74 Å². The van der Waals surface area contributed by atoms with Crippen LogP contribution in [0, 0.1) is 0 Å². The highest BCUT2D eigenvalue weighted by Gasteiger charge is 2.19. The van der Waals surface area contributed by atoms with E-state index in [4.69, 9.17) is 4.74 Å². The molecule has 0 aliphatic heterocycles. The summed E-state index contributed by atoms with van der Waals surface area (Å²) in [7, 11) is -4.57. The largest absolute Gasteiger partial charge is 0.744 e. The summed E-state index contributed by atoms with van der Waals surface area (Å²) < 4.78 is 39.3. The van der Waals surface area contributed by atoms with Crippen molar-refractivity contribution in [3.8, 4) is 5.75 Å². The third kappa shape index (κ3) is 3.80. The summed E-state index contributed by atoms with van der Waals surface area (Å²) in [6, 6.07) is 2.80. The van der Waals surface area contributed by atoms with Crippen LogP contribution in [0.3, 0.4) is 0 Å². The van der Waals surface area contributed by atoms with E-state index in [2.05, 4.69) is 0 Å². The molecule has 0 spiro atoms. The Bertz CT molecular complexity index is 615. The molecule has 0 saturated carbocycles. The van der Waals surface area contributed by atoms with E-state index in [-0.39, 0.29) is 16.7 Å². The van der Waals surface area contributed by atoms with Crippen molar-refractivity contribution in [1.82, 2.24) is 0 Å². The van der Waals surface area contributed by atoms with Crippen molar-refractivity contribution < 1.29 is 22.5 Å². The second-order valence-corrected chi connectivity index (χ2v) is 6.63. The minimum absolute atomic E-state index is 0.0777. The van der Waals surface area contributed by atoms with Gasteiger partial charge in [0.25, 0.3) is 0 Å². The van der Waals surface area contributed by atoms with Crippen LogP contribution in [0.5, 0.6) is 5.75 Å². The lowest BCUT2D eigenvalue weighted by atomic mass is 9.96. The first-order valence-electron chi connectivity index (χ1n) is 6.36. The lowest BCUT2D eigenvalue weighted by molar-refractivity contribution is -0.131. The molecule has 0 unspecified atom stereocenters. The number of rotatable bonds is 4. The van der Waals surface area contributed by atoms with Crippen LogP contribution in [0.25, 0.3) is 0 Å². The van der Waals surface area contributed by atoms with Gasteiger partial charge in [0.05, 0.1) is 4.90 Å². The number of hydrogen-bond acceptors (Lipinski definition) is 5. The topological polar surface area (TPSA) is 83.5 Å². The van der Waals surface area contributed by atoms with Crippen LogP contribution in [0.1, 0.15) is 57.6 Å². The number of carbonyl (C=O) groups is 1. The van der Waals surface area contributed by atoms with E-state index in [1.807, 2.05) is 13.8 Å². The zero-order valence-electron chi connectivity index (χ0n) is 12.3. The fourth-order valence-electron chi connectivity index (χ4n) is 1.95. The maximum atomic E-state index is 11.4. The fourth-order valence-corrected chi connectivity index (χ4v) is 2.81. The number of carbonyl (C=O) groups excluding carboxylic acids is 1. The molecule has 0 saturated heterocycles. The van der Waals surface area contributed by atoms with E-state index in [0.29, 0.717) is 16.9 Å². The van der Waals surface area contributed by atoms with E-state index in [1.165, 1.54) is 19.1 Å². The predicted octanol–water partition coefficient (Wildman–Crippen LogP) is 2.76. The summed E-state index contributed by atoms with van der Waals surface area (Å²) in [5.41, 5.74) is 0.889. The van der Waals surface area contributed by atoms with Gasteiger partial charge < -0.3 is 9.29 Å². The van der Waals surface area contributed by atoms with Crippen molar-refractivity contribution in [2.24, 2.45) is 0 Å². The lowest BCUT2D eigenvalue weighted by Gasteiger charge is -2.21. The fraction of sp³-hybridized carbons (Fsp3) is 0.500. The summed E-state index contributed by atoms with van der Waals surface area (Å²) >= 11 is 0. The van der Waals surface area contributed by atoms with Gasteiger partial charge in [0, 0.05) is 6.92 Å². The Balaban J connectivity index is 3.64. The molecule has 1 rings (SSSR count). The Hall–Kier alpha value is -1.40. The van der Waals surface area contributed by atoms with E-state index >= 15 is 0 Å². The molecule has 20 heavy (non-hydrogen) atoms. The standard InChI is InChI=1S/C14H20O5S/c1-8(2)11-7-14(20(16,17)18)12(9(3)4)6-13(11)19-10(5)15/h6-9H,1-5H3,(H,16,17,18)/p-1. The molecule has 0 fully saturated rings. The molecule has 112 valence electrons. The molecule has 0 aromatic heterocycles. The zero-order chi connectivity index (χ0) is 15.7. The SMILES string of the molecule is CC(=O)Oc1cc(C(C)C)c(S(=O)(=O)[O-])cc1C(C)C. The van der Waals surface area contributed by atoms with Gasteiger partial charge >= 0.3 is 5.97 Å². The van der Waals surface area contributed by atoms with Crippen molar-refractivity contribution in [3.05, 3.63) is 23.3 Å². The summed E-state index contributed by atoms with van der Waals surface area (Å²) in [5, 5.41) is 0. The molecule has 0 amide bonds. The average molecular weight is 299 g/mol. The number of hydrogen-bond donors (Lipinski definition) is 0. The molecule has 0 aliphatic carbocycles. The van der Waals surface area contributed by atoms with Crippen LogP contribution in [-0.2, 0) is 14.9 Å². The third-order valence-corrected chi connectivity index (χ3v) is 3.80. The minimum Gasteiger partial charge on any atom is -0.744 e. The van der Waals surface area contributed by atoms with E-state index < -0.39 is 16.1 Å². The van der Waals surface area contributed by atoms with Crippen LogP contribution in [0.15, 0.2) is 17.0 Å². The Morgan fingerprint density at radius 3 is 1.95 bits per heavy atom. The van der Waals surface area contributed by atoms with Crippen LogP contribution >= 0.6 is 0 Å². The molecule has 6 heteroatoms. The lowest BCUT2D eigenvalue weighted by Crippen LogP contribution is -2.10. The molecule has 5 nitrogen and oxygen atoms in total. The number of benzene rings is 1. The van der Waals surface area contributed by atoms with Crippen LogP contribution in [0.2, 0.25) is 0 Å². The van der Waals surface area contributed by atoms with Gasteiger partial charge in [-0.3, -0.25) is 4.79 Å². The van der Waals surface area contributed by atoms with Crippen molar-refractivity contribution in [1.29, 1.82) is 0 Å². The van der Waals surface area contributed by atoms with Gasteiger partial charge in [-0.2, -0.15) is 0 Å². The molecule has 0 bridgehead atoms. The van der Waals surface area contributed by atoms with Crippen molar-refractivity contribution >= 4 is 16.1 Å². The third-order valence-electron chi connectivity index (χ3n) is 2.91. The summed E-state index contributed by atoms with van der Waals surface area (Å²) in [5.74, 6) is -0.432. The highest BCUT2D eigenvalue weighted by atomic mass is 32.2. The number of esters is 1. The maximum Gasteiger partial charge on any atom is 0.308 e. The second-order valence-electron chi connectivity index (χ2n) is 5.29. The highest BCUT2D eigenvalue weighted by molar-refractivity contribution is 7.85. The highest BCUT2D eigenvalue weighted by Crippen LogP contribution is 2.35. The molecule has 0 N–H and O–H groups in total. The molecule has 0 aliphatic rings. The maximum absolute atomic E-state index is 11.4. The smallest absolute Gasteiger partial charge is 0.308 e. The number of ether oxygens (including phenoxy) is 1. The Morgan fingerprint density at radius 2 is 1.60 bits per heavy atom. The average Bonchev–Trinajstić information content (AvgIpc) is 2.25. The molecule has 0 radical (unpaired) electrons. The van der Waals surface area contributed by atoms with Gasteiger partial charge in [0.15, 0.2) is 0 Å². The summed E-state index contributed by atoms with van der Waals surface area (Å²) in [6.45, 7) is 8.49. The monoisotopic (exact) mass is 299 g/mol. The first kappa shape index (κ1) is 16.7. The molecule has 0 heterocycles. The predicted molar refractivity (Wildman–Crippen MR) is 73.9 cm³/mol. The van der Waals surface area contributed by atoms with Gasteiger partial charge in [0.1, 0.15) is 15.9 Å². The minimum atomic E-state index is -4.57. The summed E-state index contributed by atoms with van der Waals surface area (Å²) in [6.07, 6.45) is 0. The van der Waals surface area contributed by atoms with E-state index in [0.717, 1.165) is 0 Å². The molecular formula is C14H19O5S-. The molecule has 0 atom stereocenters. The normalized spacial score (nSPS) is 12.0. The van der Waals surface area contributed by atoms with E-state index in [9.17, 15) is 17.8 Å². The van der Waals surface area contributed by atoms with Gasteiger partial charge in [-0.25, -0.2) is 8.42 Å². The van der Waals surface area contributed by atoms with Gasteiger partial charge in [-0.15, -0.1) is 0 Å². The second kappa shape index (κ2) is 5.93. The van der Waals surface area contributed by atoms with Crippen molar-refractivity contribution in [3.63, 3.8) is 0 Å². The molecule has 1 aromatic carbocycles. The van der Waals surface area contributed by atoms with Crippen LogP contribution in [-0.4, -0.2) is 18.9 Å². The zero-order valence-corrected chi connectivity index (χ0v) is 13.1. The van der Waals surface area contributed by atoms with Gasteiger partial charge in [-0.05, 0) is 35.1 Å². The summed E-state index contributed by atoms with van der Waals surface area (Å²) in [4.78, 5) is 10.9. The Morgan fingerprint density at radius 1 is 1.10 bits per heavy atom. The Labute approximate surface area is 119 Å². The molecular weight excluding hydrogens is 280 g/mol. The first-order chi connectivity index (χ1) is 9.04. The van der Waals surface area contributed by atoms with Crippen LogP contribution in [0.4, 0.5) is 0 Å². The molecule has 1 aromatic rings.